The van der Waals surface area contributed by atoms with Crippen molar-refractivity contribution in [2.75, 3.05) is 13.2 Å². The van der Waals surface area contributed by atoms with Crippen molar-refractivity contribution in [1.29, 1.82) is 0 Å². The standard InChI is InChI=1S/C53H92O6/c1-4-7-10-13-16-19-22-25-27-29-31-34-37-40-43-46-52(55)58-49-50(48-57-51(54)45-42-39-36-33-30-24-21-18-15-12-9-6-3)59-53(56)47-44-41-38-35-32-28-26-23-20-17-14-11-8-5-2/h7,10,13,16,18-19,21-22,25,27,50H,4-6,8-9,11-12,14-15,17,20,23-24,26,28-49H2,1-3H3/b10-7-,16-13-,21-18-,22-19-,27-25-. The van der Waals surface area contributed by atoms with Crippen LogP contribution >= 0.6 is 0 Å². The van der Waals surface area contributed by atoms with E-state index in [1.165, 1.54) is 109 Å². The van der Waals surface area contributed by atoms with Gasteiger partial charge in [-0.2, -0.15) is 0 Å². The minimum atomic E-state index is -0.783. The number of hydrogen-bond acceptors (Lipinski definition) is 6. The van der Waals surface area contributed by atoms with Crippen LogP contribution in [0.25, 0.3) is 0 Å². The zero-order valence-electron chi connectivity index (χ0n) is 38.8. The largest absolute Gasteiger partial charge is 0.462 e. The number of rotatable bonds is 44. The number of esters is 3. The minimum Gasteiger partial charge on any atom is -0.462 e. The molecule has 0 bridgehead atoms. The molecule has 0 aliphatic heterocycles. The number of carbonyl (C=O) groups excluding carboxylic acids is 3. The van der Waals surface area contributed by atoms with Crippen LogP contribution in [-0.2, 0) is 28.6 Å². The van der Waals surface area contributed by atoms with E-state index in [4.69, 9.17) is 14.2 Å². The molecule has 6 heteroatoms. The topological polar surface area (TPSA) is 78.9 Å². The molecule has 0 rings (SSSR count). The molecule has 0 aliphatic carbocycles. The Morgan fingerprint density at radius 3 is 1.12 bits per heavy atom. The first-order chi connectivity index (χ1) is 29.0. The van der Waals surface area contributed by atoms with E-state index in [9.17, 15) is 14.4 Å². The Morgan fingerprint density at radius 2 is 0.678 bits per heavy atom. The third-order valence-corrected chi connectivity index (χ3v) is 10.6. The molecule has 0 aromatic carbocycles. The molecule has 0 saturated heterocycles. The quantitative estimate of drug-likeness (QED) is 0.0200. The molecule has 0 saturated carbocycles. The number of ether oxygens (including phenoxy) is 3. The van der Waals surface area contributed by atoms with Gasteiger partial charge in [-0.05, 0) is 64.2 Å². The predicted molar refractivity (Wildman–Crippen MR) is 251 cm³/mol. The van der Waals surface area contributed by atoms with Crippen molar-refractivity contribution in [1.82, 2.24) is 0 Å². The highest BCUT2D eigenvalue weighted by Gasteiger charge is 2.19. The summed E-state index contributed by atoms with van der Waals surface area (Å²) in [5, 5.41) is 0. The number of unbranched alkanes of at least 4 members (excludes halogenated alkanes) is 26. The lowest BCUT2D eigenvalue weighted by Crippen LogP contribution is -2.30. The van der Waals surface area contributed by atoms with Gasteiger partial charge in [0.05, 0.1) is 0 Å². The summed E-state index contributed by atoms with van der Waals surface area (Å²) < 4.78 is 16.7. The van der Waals surface area contributed by atoms with Gasteiger partial charge in [0.15, 0.2) is 6.10 Å². The van der Waals surface area contributed by atoms with Gasteiger partial charge in [0.25, 0.3) is 0 Å². The lowest BCUT2D eigenvalue weighted by molar-refractivity contribution is -0.167. The van der Waals surface area contributed by atoms with Crippen LogP contribution in [0.3, 0.4) is 0 Å². The number of hydrogen-bond donors (Lipinski definition) is 0. The van der Waals surface area contributed by atoms with Crippen LogP contribution in [0.15, 0.2) is 60.8 Å². The molecule has 59 heavy (non-hydrogen) atoms. The second-order valence-corrected chi connectivity index (χ2v) is 16.4. The summed E-state index contributed by atoms with van der Waals surface area (Å²) in [7, 11) is 0. The normalized spacial score (nSPS) is 12.5. The molecular weight excluding hydrogens is 733 g/mol. The average molecular weight is 825 g/mol. The molecule has 0 heterocycles. The van der Waals surface area contributed by atoms with E-state index in [1.807, 2.05) is 18.2 Å². The first kappa shape index (κ1) is 56.1. The van der Waals surface area contributed by atoms with Crippen LogP contribution < -0.4 is 0 Å². The summed E-state index contributed by atoms with van der Waals surface area (Å²) in [6.45, 7) is 6.45. The smallest absolute Gasteiger partial charge is 0.306 e. The fourth-order valence-corrected chi connectivity index (χ4v) is 6.86. The zero-order chi connectivity index (χ0) is 43.0. The molecule has 6 nitrogen and oxygen atoms in total. The highest BCUT2D eigenvalue weighted by molar-refractivity contribution is 5.71. The Bertz CT molecular complexity index is 1090. The van der Waals surface area contributed by atoms with Gasteiger partial charge in [0.2, 0.25) is 0 Å². The van der Waals surface area contributed by atoms with Crippen molar-refractivity contribution in [2.45, 2.75) is 245 Å². The van der Waals surface area contributed by atoms with Gasteiger partial charge >= 0.3 is 17.9 Å². The highest BCUT2D eigenvalue weighted by atomic mass is 16.6. The summed E-state index contributed by atoms with van der Waals surface area (Å²) in [6.07, 6.45) is 57.7. The van der Waals surface area contributed by atoms with Crippen LogP contribution in [0.4, 0.5) is 0 Å². The van der Waals surface area contributed by atoms with E-state index in [2.05, 4.69) is 63.3 Å². The molecule has 1 unspecified atom stereocenters. The summed E-state index contributed by atoms with van der Waals surface area (Å²) >= 11 is 0. The Kier molecular flexibility index (Phi) is 45.4. The van der Waals surface area contributed by atoms with Crippen LogP contribution in [-0.4, -0.2) is 37.2 Å². The van der Waals surface area contributed by atoms with Crippen molar-refractivity contribution in [3.05, 3.63) is 60.8 Å². The average Bonchev–Trinajstić information content (AvgIpc) is 3.23. The predicted octanol–water partition coefficient (Wildman–Crippen LogP) is 16.1. The zero-order valence-corrected chi connectivity index (χ0v) is 38.8. The summed E-state index contributed by atoms with van der Waals surface area (Å²) in [5.74, 6) is -0.913. The molecule has 340 valence electrons. The van der Waals surface area contributed by atoms with E-state index < -0.39 is 6.10 Å². The monoisotopic (exact) mass is 825 g/mol. The molecule has 0 aromatic heterocycles. The number of allylic oxidation sites excluding steroid dienone is 10. The Morgan fingerprint density at radius 1 is 0.356 bits per heavy atom. The summed E-state index contributed by atoms with van der Waals surface area (Å²) in [5.41, 5.74) is 0. The van der Waals surface area contributed by atoms with Gasteiger partial charge in [-0.1, -0.05) is 216 Å². The van der Waals surface area contributed by atoms with Crippen molar-refractivity contribution >= 4 is 17.9 Å². The lowest BCUT2D eigenvalue weighted by Gasteiger charge is -2.18. The SMILES string of the molecule is CC\C=C/C=C\C=C/C=C\CCCCCCCC(=O)OCC(COC(=O)CCCCCCC/C=C\CCCCC)OC(=O)CCCCCCCCCCCCCCCC. The maximum atomic E-state index is 12.8. The minimum absolute atomic E-state index is 0.0849. The fourth-order valence-electron chi connectivity index (χ4n) is 6.86. The molecular formula is C53H92O6. The number of carbonyl (C=O) groups is 3. The Hall–Kier alpha value is -2.89. The van der Waals surface area contributed by atoms with Gasteiger partial charge in [-0.15, -0.1) is 0 Å². The molecule has 0 spiro atoms. The summed E-state index contributed by atoms with van der Waals surface area (Å²) in [6, 6.07) is 0. The van der Waals surface area contributed by atoms with E-state index in [1.54, 1.807) is 0 Å². The van der Waals surface area contributed by atoms with Crippen molar-refractivity contribution in [2.24, 2.45) is 0 Å². The molecule has 0 fully saturated rings. The van der Waals surface area contributed by atoms with Crippen molar-refractivity contribution in [3.63, 3.8) is 0 Å². The fraction of sp³-hybridized carbons (Fsp3) is 0.755. The van der Waals surface area contributed by atoms with E-state index in [0.29, 0.717) is 19.3 Å². The van der Waals surface area contributed by atoms with Crippen molar-refractivity contribution in [3.8, 4) is 0 Å². The van der Waals surface area contributed by atoms with Gasteiger partial charge in [-0.25, -0.2) is 0 Å². The van der Waals surface area contributed by atoms with Crippen LogP contribution in [0, 0.1) is 0 Å². The second kappa shape index (κ2) is 47.8. The summed E-state index contributed by atoms with van der Waals surface area (Å²) in [4.78, 5) is 37.9. The second-order valence-electron chi connectivity index (χ2n) is 16.4. The maximum Gasteiger partial charge on any atom is 0.306 e. The van der Waals surface area contributed by atoms with Crippen LogP contribution in [0.5, 0.6) is 0 Å². The van der Waals surface area contributed by atoms with Gasteiger partial charge < -0.3 is 14.2 Å². The maximum absolute atomic E-state index is 12.8. The van der Waals surface area contributed by atoms with Gasteiger partial charge in [0.1, 0.15) is 13.2 Å². The van der Waals surface area contributed by atoms with E-state index >= 15 is 0 Å². The molecule has 0 aliphatic rings. The molecule has 1 atom stereocenters. The molecule has 0 aromatic rings. The Balaban J connectivity index is 4.42. The third-order valence-electron chi connectivity index (χ3n) is 10.6. The lowest BCUT2D eigenvalue weighted by atomic mass is 10.0. The van der Waals surface area contributed by atoms with Crippen molar-refractivity contribution < 1.29 is 28.6 Å². The first-order valence-corrected chi connectivity index (χ1v) is 24.8. The van der Waals surface area contributed by atoms with Gasteiger partial charge in [0, 0.05) is 19.3 Å². The Labute approximate surface area is 364 Å². The highest BCUT2D eigenvalue weighted by Crippen LogP contribution is 2.15. The van der Waals surface area contributed by atoms with Crippen LogP contribution in [0.2, 0.25) is 0 Å². The van der Waals surface area contributed by atoms with Crippen LogP contribution in [0.1, 0.15) is 239 Å². The van der Waals surface area contributed by atoms with E-state index in [-0.39, 0.29) is 31.1 Å². The molecule has 0 N–H and O–H groups in total. The van der Waals surface area contributed by atoms with Gasteiger partial charge in [-0.3, -0.25) is 14.4 Å². The van der Waals surface area contributed by atoms with E-state index in [0.717, 1.165) is 89.9 Å². The molecule has 0 amide bonds. The third kappa shape index (κ3) is 46.0. The molecule has 0 radical (unpaired) electrons. The first-order valence-electron chi connectivity index (χ1n) is 24.8.